The van der Waals surface area contributed by atoms with Crippen LogP contribution < -0.4 is 14.2 Å². The molecule has 0 aliphatic heterocycles. The number of hydrogen-bond acceptors (Lipinski definition) is 7. The minimum atomic E-state index is -0.448. The molecule has 9 heteroatoms. The maximum atomic E-state index is 11.0. The topological polar surface area (TPSA) is 123 Å². The predicted octanol–water partition coefficient (Wildman–Crippen LogP) is 5.13. The molecule has 1 N–H and O–H groups in total. The molecule has 0 aliphatic rings. The number of methoxy groups -OCH3 is 2. The molecule has 0 atom stereocenters. The Morgan fingerprint density at radius 1 is 1.12 bits per heavy atom. The highest BCUT2D eigenvalue weighted by atomic mass is 16.6. The summed E-state index contributed by atoms with van der Waals surface area (Å²) in [5.74, 6) is 2.07. The molecule has 4 rings (SSSR count). The number of allylic oxidation sites excluding steroid dienone is 1. The van der Waals surface area contributed by atoms with Gasteiger partial charge in [0, 0.05) is 18.2 Å². The number of imidazole rings is 1. The molecule has 3 aromatic carbocycles. The summed E-state index contributed by atoms with van der Waals surface area (Å²) in [7, 11) is 3.10. The predicted molar refractivity (Wildman–Crippen MR) is 127 cm³/mol. The first-order valence-corrected chi connectivity index (χ1v) is 10.2. The number of ether oxygens (including phenoxy) is 3. The Bertz CT molecular complexity index is 1440. The summed E-state index contributed by atoms with van der Waals surface area (Å²) in [6.07, 6.45) is 1.70. The number of nitriles is 1. The van der Waals surface area contributed by atoms with E-state index in [1.165, 1.54) is 19.2 Å². The number of hydrogen-bond donors (Lipinski definition) is 1. The van der Waals surface area contributed by atoms with Crippen LogP contribution in [0.25, 0.3) is 22.7 Å². The number of nitrogens with zero attached hydrogens (tertiary/aromatic N) is 3. The van der Waals surface area contributed by atoms with Crippen LogP contribution in [0.5, 0.6) is 17.2 Å². The largest absolute Gasteiger partial charge is 0.497 e. The second kappa shape index (κ2) is 9.75. The van der Waals surface area contributed by atoms with E-state index in [2.05, 4.69) is 16.0 Å². The van der Waals surface area contributed by atoms with Gasteiger partial charge in [0.25, 0.3) is 5.69 Å². The molecule has 1 heterocycles. The number of nitro groups is 1. The van der Waals surface area contributed by atoms with Crippen molar-refractivity contribution in [2.75, 3.05) is 14.2 Å². The van der Waals surface area contributed by atoms with E-state index in [4.69, 9.17) is 14.2 Å². The number of benzene rings is 3. The third-order valence-electron chi connectivity index (χ3n) is 5.08. The van der Waals surface area contributed by atoms with Crippen molar-refractivity contribution >= 4 is 28.4 Å². The lowest BCUT2D eigenvalue weighted by atomic mass is 10.1. The molecule has 0 fully saturated rings. The molecule has 1 aromatic heterocycles. The van der Waals surface area contributed by atoms with Gasteiger partial charge in [0.2, 0.25) is 0 Å². The highest BCUT2D eigenvalue weighted by Crippen LogP contribution is 2.31. The zero-order valence-corrected chi connectivity index (χ0v) is 18.4. The maximum absolute atomic E-state index is 11.0. The van der Waals surface area contributed by atoms with Crippen LogP contribution in [0.4, 0.5) is 5.69 Å². The third-order valence-corrected chi connectivity index (χ3v) is 5.08. The second-order valence-electron chi connectivity index (χ2n) is 7.26. The SMILES string of the molecule is COc1ccc2nc(/C(C#N)=C\c3ccc(OCc4cccc([N+](=O)[O-])c4)c(OC)c3)[nH]c2c1. The van der Waals surface area contributed by atoms with Gasteiger partial charge in [-0.1, -0.05) is 18.2 Å². The van der Waals surface area contributed by atoms with Crippen molar-refractivity contribution in [3.8, 4) is 23.3 Å². The molecule has 0 bridgehead atoms. The van der Waals surface area contributed by atoms with Gasteiger partial charge < -0.3 is 19.2 Å². The van der Waals surface area contributed by atoms with E-state index < -0.39 is 4.92 Å². The number of H-pyrrole nitrogens is 1. The summed E-state index contributed by atoms with van der Waals surface area (Å²) in [6, 6.07) is 19.1. The first-order valence-electron chi connectivity index (χ1n) is 10.2. The van der Waals surface area contributed by atoms with Crippen LogP contribution in [0, 0.1) is 21.4 Å². The number of rotatable bonds is 8. The first kappa shape index (κ1) is 22.4. The van der Waals surface area contributed by atoms with Crippen LogP contribution in [0.1, 0.15) is 17.0 Å². The molecule has 9 nitrogen and oxygen atoms in total. The molecule has 0 radical (unpaired) electrons. The van der Waals surface area contributed by atoms with E-state index in [9.17, 15) is 15.4 Å². The van der Waals surface area contributed by atoms with Gasteiger partial charge in [0.1, 0.15) is 24.3 Å². The lowest BCUT2D eigenvalue weighted by Gasteiger charge is -2.11. The van der Waals surface area contributed by atoms with Crippen LogP contribution in [0.15, 0.2) is 60.7 Å². The first-order chi connectivity index (χ1) is 16.5. The average molecular weight is 456 g/mol. The second-order valence-corrected chi connectivity index (χ2v) is 7.26. The molecule has 0 amide bonds. The van der Waals surface area contributed by atoms with Gasteiger partial charge in [-0.3, -0.25) is 10.1 Å². The summed E-state index contributed by atoms with van der Waals surface area (Å²) in [6.45, 7) is 0.138. The summed E-state index contributed by atoms with van der Waals surface area (Å²) in [5, 5.41) is 20.7. The van der Waals surface area contributed by atoms with Gasteiger partial charge in [-0.25, -0.2) is 4.98 Å². The van der Waals surface area contributed by atoms with Gasteiger partial charge in [-0.15, -0.1) is 0 Å². The molecular weight excluding hydrogens is 436 g/mol. The third kappa shape index (κ3) is 4.81. The fourth-order valence-corrected chi connectivity index (χ4v) is 3.38. The van der Waals surface area contributed by atoms with Crippen LogP contribution >= 0.6 is 0 Å². The minimum Gasteiger partial charge on any atom is -0.497 e. The molecule has 0 saturated heterocycles. The smallest absolute Gasteiger partial charge is 0.269 e. The highest BCUT2D eigenvalue weighted by molar-refractivity contribution is 5.90. The zero-order chi connectivity index (χ0) is 24.1. The molecule has 4 aromatic rings. The van der Waals surface area contributed by atoms with E-state index >= 15 is 0 Å². The summed E-state index contributed by atoms with van der Waals surface area (Å²) < 4.78 is 16.5. The summed E-state index contributed by atoms with van der Waals surface area (Å²) in [5.41, 5.74) is 3.21. The van der Waals surface area contributed by atoms with Crippen LogP contribution in [0.3, 0.4) is 0 Å². The van der Waals surface area contributed by atoms with Crippen molar-refractivity contribution in [3.05, 3.63) is 87.7 Å². The quantitative estimate of drug-likeness (QED) is 0.221. The van der Waals surface area contributed by atoms with E-state index in [-0.39, 0.29) is 12.3 Å². The molecule has 0 spiro atoms. The van der Waals surface area contributed by atoms with Crippen LogP contribution in [-0.4, -0.2) is 29.1 Å². The Balaban J connectivity index is 1.57. The van der Waals surface area contributed by atoms with Crippen molar-refractivity contribution < 1.29 is 19.1 Å². The highest BCUT2D eigenvalue weighted by Gasteiger charge is 2.12. The lowest BCUT2D eigenvalue weighted by Crippen LogP contribution is -1.99. The normalized spacial score (nSPS) is 11.1. The number of aromatic nitrogens is 2. The van der Waals surface area contributed by atoms with Gasteiger partial charge >= 0.3 is 0 Å². The number of nitrogens with one attached hydrogen (secondary N) is 1. The number of non-ortho nitro benzene ring substituents is 1. The van der Waals surface area contributed by atoms with Crippen LogP contribution in [0.2, 0.25) is 0 Å². The molecule has 170 valence electrons. The van der Waals surface area contributed by atoms with E-state index in [0.29, 0.717) is 39.8 Å². The zero-order valence-electron chi connectivity index (χ0n) is 18.4. The number of nitro benzene ring substituents is 1. The van der Waals surface area contributed by atoms with Gasteiger partial charge in [0.15, 0.2) is 11.5 Å². The maximum Gasteiger partial charge on any atom is 0.269 e. The lowest BCUT2D eigenvalue weighted by molar-refractivity contribution is -0.384. The molecular formula is C25H20N4O5. The van der Waals surface area contributed by atoms with Crippen molar-refractivity contribution in [3.63, 3.8) is 0 Å². The van der Waals surface area contributed by atoms with E-state index in [1.54, 1.807) is 49.6 Å². The molecule has 0 unspecified atom stereocenters. The van der Waals surface area contributed by atoms with Crippen molar-refractivity contribution in [1.82, 2.24) is 9.97 Å². The Kier molecular flexibility index (Phi) is 6.41. The molecule has 0 saturated carbocycles. The summed E-state index contributed by atoms with van der Waals surface area (Å²) >= 11 is 0. The standard InChI is InChI=1S/C25H20N4O5/c1-32-20-7-8-21-22(13-20)28-25(27-21)18(14-26)10-16-6-9-23(24(12-16)33-2)34-15-17-4-3-5-19(11-17)29(30)31/h3-13H,15H2,1-2H3,(H,27,28)/b18-10-. The van der Waals surface area contributed by atoms with Gasteiger partial charge in [0.05, 0.1) is 35.7 Å². The average Bonchev–Trinajstić information content (AvgIpc) is 3.29. The fourth-order valence-electron chi connectivity index (χ4n) is 3.38. The van der Waals surface area contributed by atoms with Crippen molar-refractivity contribution in [2.45, 2.75) is 6.61 Å². The van der Waals surface area contributed by atoms with Gasteiger partial charge in [-0.2, -0.15) is 5.26 Å². The van der Waals surface area contributed by atoms with Gasteiger partial charge in [-0.05, 0) is 41.5 Å². The minimum absolute atomic E-state index is 0.00149. The Labute approximate surface area is 195 Å². The number of fused-ring (bicyclic) bond motifs is 1. The molecule has 0 aliphatic carbocycles. The van der Waals surface area contributed by atoms with E-state index in [1.807, 2.05) is 12.1 Å². The Morgan fingerprint density at radius 3 is 2.71 bits per heavy atom. The number of aromatic amines is 1. The van der Waals surface area contributed by atoms with E-state index in [0.717, 1.165) is 11.0 Å². The Morgan fingerprint density at radius 2 is 1.97 bits per heavy atom. The monoisotopic (exact) mass is 456 g/mol. The van der Waals surface area contributed by atoms with Crippen molar-refractivity contribution in [1.29, 1.82) is 5.26 Å². The van der Waals surface area contributed by atoms with Crippen molar-refractivity contribution in [2.24, 2.45) is 0 Å². The van der Waals surface area contributed by atoms with Crippen LogP contribution in [-0.2, 0) is 6.61 Å². The summed E-state index contributed by atoms with van der Waals surface area (Å²) in [4.78, 5) is 18.2. The molecule has 34 heavy (non-hydrogen) atoms. The Hall–Kier alpha value is -4.84. The fraction of sp³-hybridized carbons (Fsp3) is 0.120.